The molecular formula is C19H23FIN5. The molecule has 0 spiro atoms. The van der Waals surface area contributed by atoms with Gasteiger partial charge < -0.3 is 15.0 Å². The summed E-state index contributed by atoms with van der Waals surface area (Å²) >= 11 is 0. The van der Waals surface area contributed by atoms with E-state index in [-0.39, 0.29) is 29.8 Å². The maximum atomic E-state index is 13.6. The zero-order chi connectivity index (χ0) is 17.6. The van der Waals surface area contributed by atoms with Gasteiger partial charge in [-0.05, 0) is 24.6 Å². The third kappa shape index (κ3) is 4.94. The summed E-state index contributed by atoms with van der Waals surface area (Å²) in [6, 6.07) is 10.8. The number of aromatic nitrogens is 2. The normalized spacial score (nSPS) is 11.3. The Bertz CT molecular complexity index is 891. The third-order valence-corrected chi connectivity index (χ3v) is 4.03. The summed E-state index contributed by atoms with van der Waals surface area (Å²) in [6.07, 6.45) is 4.82. The van der Waals surface area contributed by atoms with Crippen LogP contribution in [0.15, 0.2) is 53.8 Å². The van der Waals surface area contributed by atoms with Crippen molar-refractivity contribution >= 4 is 35.6 Å². The van der Waals surface area contributed by atoms with Crippen molar-refractivity contribution in [2.75, 3.05) is 13.6 Å². The molecule has 5 nitrogen and oxygen atoms in total. The fourth-order valence-electron chi connectivity index (χ4n) is 2.68. The number of benzene rings is 1. The Balaban J connectivity index is 0.00000243. The van der Waals surface area contributed by atoms with E-state index in [1.165, 1.54) is 6.07 Å². The van der Waals surface area contributed by atoms with E-state index >= 15 is 0 Å². The molecule has 1 aromatic carbocycles. The minimum Gasteiger partial charge on any atom is -0.356 e. The second-order valence-corrected chi connectivity index (χ2v) is 5.85. The van der Waals surface area contributed by atoms with E-state index in [9.17, 15) is 4.39 Å². The average molecular weight is 467 g/mol. The fraction of sp³-hybridized carbons (Fsp3) is 0.263. The maximum Gasteiger partial charge on any atom is 0.191 e. The predicted molar refractivity (Wildman–Crippen MR) is 114 cm³/mol. The first kappa shape index (κ1) is 20.2. The van der Waals surface area contributed by atoms with E-state index in [4.69, 9.17) is 0 Å². The summed E-state index contributed by atoms with van der Waals surface area (Å²) in [5.41, 5.74) is 3.77. The molecule has 0 amide bonds. The lowest BCUT2D eigenvalue weighted by molar-refractivity contribution is 0.604. The highest BCUT2D eigenvalue weighted by Gasteiger charge is 2.05. The topological polar surface area (TPSA) is 53.7 Å². The molecule has 3 aromatic rings. The third-order valence-electron chi connectivity index (χ3n) is 4.03. The van der Waals surface area contributed by atoms with E-state index < -0.39 is 0 Å². The molecule has 26 heavy (non-hydrogen) atoms. The van der Waals surface area contributed by atoms with Crippen LogP contribution in [0.3, 0.4) is 0 Å². The predicted octanol–water partition coefficient (Wildman–Crippen LogP) is 3.31. The van der Waals surface area contributed by atoms with E-state index in [0.717, 1.165) is 23.3 Å². The molecule has 0 bridgehead atoms. The molecule has 2 aromatic heterocycles. The molecule has 2 heterocycles. The first-order valence-corrected chi connectivity index (χ1v) is 8.28. The van der Waals surface area contributed by atoms with Gasteiger partial charge in [0.05, 0.1) is 5.69 Å². The molecule has 0 atom stereocenters. The quantitative estimate of drug-likeness (QED) is 0.344. The summed E-state index contributed by atoms with van der Waals surface area (Å²) in [5.74, 6) is 0.425. The van der Waals surface area contributed by atoms with Gasteiger partial charge >= 0.3 is 0 Å². The van der Waals surface area contributed by atoms with Gasteiger partial charge in [0.25, 0.3) is 0 Å². The Labute approximate surface area is 169 Å². The zero-order valence-corrected chi connectivity index (χ0v) is 17.2. The van der Waals surface area contributed by atoms with Crippen LogP contribution in [0.2, 0.25) is 0 Å². The molecule has 0 radical (unpaired) electrons. The van der Waals surface area contributed by atoms with Crippen LogP contribution in [-0.2, 0) is 13.0 Å². The van der Waals surface area contributed by atoms with E-state index in [1.807, 2.05) is 28.9 Å². The first-order valence-electron chi connectivity index (χ1n) is 8.28. The highest BCUT2D eigenvalue weighted by Crippen LogP contribution is 2.10. The van der Waals surface area contributed by atoms with Crippen molar-refractivity contribution in [3.63, 3.8) is 0 Å². The van der Waals surface area contributed by atoms with Crippen LogP contribution in [0.5, 0.6) is 0 Å². The molecule has 0 aliphatic rings. The number of pyridine rings is 1. The second-order valence-electron chi connectivity index (χ2n) is 5.85. The van der Waals surface area contributed by atoms with Gasteiger partial charge in [0.1, 0.15) is 11.5 Å². The number of imidazole rings is 1. The molecule has 0 unspecified atom stereocenters. The smallest absolute Gasteiger partial charge is 0.191 e. The van der Waals surface area contributed by atoms with Gasteiger partial charge in [0.15, 0.2) is 5.96 Å². The van der Waals surface area contributed by atoms with Gasteiger partial charge in [-0.2, -0.15) is 0 Å². The summed E-state index contributed by atoms with van der Waals surface area (Å²) in [4.78, 5) is 8.82. The Morgan fingerprint density at radius 3 is 2.73 bits per heavy atom. The molecule has 0 fully saturated rings. The van der Waals surface area contributed by atoms with Gasteiger partial charge in [-0.3, -0.25) is 4.99 Å². The van der Waals surface area contributed by atoms with Crippen molar-refractivity contribution in [1.82, 2.24) is 20.0 Å². The van der Waals surface area contributed by atoms with Crippen LogP contribution in [0.4, 0.5) is 4.39 Å². The lowest BCUT2D eigenvalue weighted by Crippen LogP contribution is -2.38. The Kier molecular flexibility index (Phi) is 7.38. The van der Waals surface area contributed by atoms with Gasteiger partial charge in [-0.1, -0.05) is 24.3 Å². The number of hydrogen-bond donors (Lipinski definition) is 2. The summed E-state index contributed by atoms with van der Waals surface area (Å²) in [7, 11) is 1.70. The fourth-order valence-corrected chi connectivity index (χ4v) is 2.68. The molecule has 3 rings (SSSR count). The monoisotopic (exact) mass is 467 g/mol. The highest BCUT2D eigenvalue weighted by atomic mass is 127. The number of guanidine groups is 1. The Morgan fingerprint density at radius 2 is 2.00 bits per heavy atom. The molecule has 0 aliphatic heterocycles. The Morgan fingerprint density at radius 1 is 1.19 bits per heavy atom. The van der Waals surface area contributed by atoms with Crippen LogP contribution in [0, 0.1) is 12.7 Å². The molecule has 0 saturated heterocycles. The number of rotatable bonds is 5. The van der Waals surface area contributed by atoms with Gasteiger partial charge in [-0.25, -0.2) is 9.37 Å². The molecule has 7 heteroatoms. The van der Waals surface area contributed by atoms with Crippen molar-refractivity contribution in [1.29, 1.82) is 0 Å². The van der Waals surface area contributed by atoms with Crippen molar-refractivity contribution in [2.24, 2.45) is 4.99 Å². The van der Waals surface area contributed by atoms with E-state index in [2.05, 4.69) is 33.6 Å². The number of halogens is 2. The van der Waals surface area contributed by atoms with Gasteiger partial charge in [0, 0.05) is 44.5 Å². The second kappa shape index (κ2) is 9.51. The number of aliphatic imine (C=N–C) groups is 1. The lowest BCUT2D eigenvalue weighted by Gasteiger charge is -2.11. The molecular weight excluding hydrogens is 444 g/mol. The van der Waals surface area contributed by atoms with Crippen LogP contribution >= 0.6 is 24.0 Å². The number of hydrogen-bond acceptors (Lipinski definition) is 2. The molecule has 0 saturated carbocycles. The van der Waals surface area contributed by atoms with Crippen LogP contribution in [0.1, 0.15) is 16.8 Å². The molecule has 2 N–H and O–H groups in total. The lowest BCUT2D eigenvalue weighted by atomic mass is 10.2. The van der Waals surface area contributed by atoms with Gasteiger partial charge in [0.2, 0.25) is 0 Å². The first-order chi connectivity index (χ1) is 12.2. The van der Waals surface area contributed by atoms with E-state index in [0.29, 0.717) is 24.6 Å². The van der Waals surface area contributed by atoms with Crippen LogP contribution in [0.25, 0.3) is 5.65 Å². The van der Waals surface area contributed by atoms with Crippen molar-refractivity contribution in [3.05, 3.63) is 71.4 Å². The van der Waals surface area contributed by atoms with Gasteiger partial charge in [-0.15, -0.1) is 24.0 Å². The standard InChI is InChI=1S/C19H22FN5.HI/c1-14-6-5-11-25-13-16(24-18(14)25)9-10-22-19(21-2)23-12-15-7-3-4-8-17(15)20;/h3-8,11,13H,9-10,12H2,1-2H3,(H2,21,22,23);1H. The van der Waals surface area contributed by atoms with Crippen LogP contribution < -0.4 is 10.6 Å². The van der Waals surface area contributed by atoms with Crippen molar-refractivity contribution in [3.8, 4) is 0 Å². The number of fused-ring (bicyclic) bond motifs is 1. The molecule has 0 aliphatic carbocycles. The van der Waals surface area contributed by atoms with E-state index in [1.54, 1.807) is 19.2 Å². The minimum atomic E-state index is -0.217. The maximum absolute atomic E-state index is 13.6. The SMILES string of the molecule is CN=C(NCCc1cn2cccc(C)c2n1)NCc1ccccc1F.I. The molecule has 138 valence electrons. The Hall–Kier alpha value is -2.16. The zero-order valence-electron chi connectivity index (χ0n) is 14.9. The van der Waals surface area contributed by atoms with Crippen molar-refractivity contribution < 1.29 is 4.39 Å². The summed E-state index contributed by atoms with van der Waals surface area (Å²) < 4.78 is 15.7. The highest BCUT2D eigenvalue weighted by molar-refractivity contribution is 14.0. The number of nitrogens with one attached hydrogen (secondary N) is 2. The van der Waals surface area contributed by atoms with Crippen LogP contribution in [-0.4, -0.2) is 28.9 Å². The largest absolute Gasteiger partial charge is 0.356 e. The average Bonchev–Trinajstić information content (AvgIpc) is 3.03. The van der Waals surface area contributed by atoms with Crippen molar-refractivity contribution in [2.45, 2.75) is 19.9 Å². The minimum absolute atomic E-state index is 0. The number of nitrogens with zero attached hydrogens (tertiary/aromatic N) is 3. The summed E-state index contributed by atoms with van der Waals surface area (Å²) in [6.45, 7) is 3.14. The summed E-state index contributed by atoms with van der Waals surface area (Å²) in [5, 5.41) is 6.36. The number of aryl methyl sites for hydroxylation is 1.